The second-order valence-corrected chi connectivity index (χ2v) is 10.3. The van der Waals surface area contributed by atoms with Crippen molar-refractivity contribution in [1.82, 2.24) is 20.0 Å². The molecule has 1 aliphatic heterocycles. The Bertz CT molecular complexity index is 1080. The molecule has 1 fully saturated rings. The number of hydrogen-bond acceptors (Lipinski definition) is 4. The second-order valence-electron chi connectivity index (χ2n) is 10.3. The highest BCUT2D eigenvalue weighted by molar-refractivity contribution is 6.06. The summed E-state index contributed by atoms with van der Waals surface area (Å²) in [4.78, 5) is 41.6. The number of benzene rings is 1. The molecule has 1 aromatic carbocycles. The minimum atomic E-state index is -1.06. The standard InChI is InChI=1S/C27H37N5O3/c1-5-6-15-31-25(34)23-16-22(24(33)28-21-13-11-19(12-14-21)18(2)3)30-32(23)17-27(31,4)26(35)29-20-9-7-8-10-20/h11-14,16,18,20H,5-10,15,17H2,1-4H3,(H,28,33)(H,29,35)/t27-/m1/s1. The van der Waals surface area contributed by atoms with Crippen LogP contribution in [0, 0.1) is 0 Å². The van der Waals surface area contributed by atoms with E-state index in [1.807, 2.05) is 31.2 Å². The SMILES string of the molecule is CCCCN1C(=O)c2cc(C(=O)Nc3ccc(C(C)C)cc3)nn2C[C@]1(C)C(=O)NC1CCCC1. The summed E-state index contributed by atoms with van der Waals surface area (Å²) >= 11 is 0. The van der Waals surface area contributed by atoms with E-state index in [1.165, 1.54) is 16.3 Å². The second kappa shape index (κ2) is 10.2. The van der Waals surface area contributed by atoms with Crippen LogP contribution in [0.1, 0.15) is 98.7 Å². The summed E-state index contributed by atoms with van der Waals surface area (Å²) in [7, 11) is 0. The predicted molar refractivity (Wildman–Crippen MR) is 135 cm³/mol. The van der Waals surface area contributed by atoms with Crippen LogP contribution in [0.3, 0.4) is 0 Å². The van der Waals surface area contributed by atoms with Crippen LogP contribution < -0.4 is 10.6 Å². The van der Waals surface area contributed by atoms with Crippen molar-refractivity contribution in [1.29, 1.82) is 0 Å². The van der Waals surface area contributed by atoms with Gasteiger partial charge in [-0.1, -0.05) is 52.2 Å². The van der Waals surface area contributed by atoms with Gasteiger partial charge in [0.25, 0.3) is 11.8 Å². The summed E-state index contributed by atoms with van der Waals surface area (Å²) in [6.45, 7) is 8.80. The van der Waals surface area contributed by atoms with Crippen molar-refractivity contribution in [3.8, 4) is 0 Å². The number of nitrogens with one attached hydrogen (secondary N) is 2. The molecule has 0 bridgehead atoms. The van der Waals surface area contributed by atoms with E-state index in [2.05, 4.69) is 36.5 Å². The number of fused-ring (bicyclic) bond motifs is 1. The number of carbonyl (C=O) groups is 3. The highest BCUT2D eigenvalue weighted by Crippen LogP contribution is 2.29. The van der Waals surface area contributed by atoms with Crippen LogP contribution in [0.15, 0.2) is 30.3 Å². The number of anilines is 1. The molecule has 0 radical (unpaired) electrons. The average Bonchev–Trinajstić information content (AvgIpc) is 3.49. The van der Waals surface area contributed by atoms with Gasteiger partial charge in [0.15, 0.2) is 5.69 Å². The molecule has 2 aromatic rings. The average molecular weight is 480 g/mol. The van der Waals surface area contributed by atoms with E-state index >= 15 is 0 Å². The molecule has 8 nitrogen and oxygen atoms in total. The molecule has 0 spiro atoms. The van der Waals surface area contributed by atoms with Crippen LogP contribution in [-0.2, 0) is 11.3 Å². The number of amides is 3. The van der Waals surface area contributed by atoms with Crippen molar-refractivity contribution < 1.29 is 14.4 Å². The van der Waals surface area contributed by atoms with E-state index in [-0.39, 0.29) is 36.0 Å². The van der Waals surface area contributed by atoms with Gasteiger partial charge in [-0.05, 0) is 49.8 Å². The quantitative estimate of drug-likeness (QED) is 0.589. The van der Waals surface area contributed by atoms with Gasteiger partial charge in [0.05, 0.1) is 6.54 Å². The van der Waals surface area contributed by atoms with Gasteiger partial charge in [-0.3, -0.25) is 19.1 Å². The molecule has 3 amide bonds. The van der Waals surface area contributed by atoms with Crippen molar-refractivity contribution >= 4 is 23.4 Å². The van der Waals surface area contributed by atoms with Crippen molar-refractivity contribution in [3.63, 3.8) is 0 Å². The van der Waals surface area contributed by atoms with Gasteiger partial charge in [0, 0.05) is 24.3 Å². The maximum Gasteiger partial charge on any atom is 0.276 e. The van der Waals surface area contributed by atoms with E-state index in [0.29, 0.717) is 23.8 Å². The van der Waals surface area contributed by atoms with E-state index in [0.717, 1.165) is 38.5 Å². The molecule has 2 N–H and O–H groups in total. The summed E-state index contributed by atoms with van der Waals surface area (Å²) in [6.07, 6.45) is 5.88. The van der Waals surface area contributed by atoms with Crippen LogP contribution in [0.5, 0.6) is 0 Å². The molecule has 1 aliphatic carbocycles. The molecule has 8 heteroatoms. The predicted octanol–water partition coefficient (Wildman–Crippen LogP) is 4.33. The third kappa shape index (κ3) is 5.11. The first-order valence-corrected chi connectivity index (χ1v) is 12.8. The van der Waals surface area contributed by atoms with Gasteiger partial charge >= 0.3 is 0 Å². The molecular weight excluding hydrogens is 442 g/mol. The molecule has 2 aliphatic rings. The minimum absolute atomic E-state index is 0.147. The molecule has 1 atom stereocenters. The summed E-state index contributed by atoms with van der Waals surface area (Å²) in [6, 6.07) is 9.40. The van der Waals surface area contributed by atoms with Gasteiger partial charge < -0.3 is 15.5 Å². The molecule has 1 aromatic heterocycles. The lowest BCUT2D eigenvalue weighted by Crippen LogP contribution is -2.65. The molecule has 188 valence electrons. The van der Waals surface area contributed by atoms with E-state index in [4.69, 9.17) is 0 Å². The number of rotatable bonds is 8. The van der Waals surface area contributed by atoms with E-state index in [1.54, 1.807) is 4.90 Å². The first-order valence-electron chi connectivity index (χ1n) is 12.8. The molecule has 4 rings (SSSR count). The Hall–Kier alpha value is -3.16. The molecule has 0 saturated heterocycles. The number of aromatic nitrogens is 2. The molecule has 35 heavy (non-hydrogen) atoms. The third-order valence-corrected chi connectivity index (χ3v) is 7.28. The van der Waals surface area contributed by atoms with E-state index < -0.39 is 5.54 Å². The van der Waals surface area contributed by atoms with Crippen molar-refractivity contribution in [2.24, 2.45) is 0 Å². The Kier molecular flexibility index (Phi) is 7.28. The first-order chi connectivity index (χ1) is 16.7. The monoisotopic (exact) mass is 479 g/mol. The lowest BCUT2D eigenvalue weighted by molar-refractivity contribution is -0.133. The van der Waals surface area contributed by atoms with Crippen LogP contribution in [0.2, 0.25) is 0 Å². The summed E-state index contributed by atoms with van der Waals surface area (Å²) in [5, 5.41) is 10.5. The van der Waals surface area contributed by atoms with Crippen LogP contribution in [-0.4, -0.2) is 50.5 Å². The zero-order valence-corrected chi connectivity index (χ0v) is 21.3. The lowest BCUT2D eigenvalue weighted by atomic mass is 9.94. The highest BCUT2D eigenvalue weighted by atomic mass is 16.2. The number of hydrogen-bond donors (Lipinski definition) is 2. The Morgan fingerprint density at radius 2 is 1.86 bits per heavy atom. The molecule has 0 unspecified atom stereocenters. The zero-order valence-electron chi connectivity index (χ0n) is 21.3. The summed E-state index contributed by atoms with van der Waals surface area (Å²) in [5.74, 6) is -0.386. The smallest absolute Gasteiger partial charge is 0.276 e. The number of carbonyl (C=O) groups excluding carboxylic acids is 3. The highest BCUT2D eigenvalue weighted by Gasteiger charge is 2.48. The maximum absolute atomic E-state index is 13.5. The third-order valence-electron chi connectivity index (χ3n) is 7.28. The van der Waals surface area contributed by atoms with Gasteiger partial charge in [0.2, 0.25) is 5.91 Å². The molecule has 2 heterocycles. The van der Waals surface area contributed by atoms with Crippen molar-refractivity contribution in [3.05, 3.63) is 47.3 Å². The van der Waals surface area contributed by atoms with Gasteiger partial charge in [-0.25, -0.2) is 0 Å². The first kappa shape index (κ1) is 24.9. The van der Waals surface area contributed by atoms with Crippen molar-refractivity contribution in [2.45, 2.75) is 90.3 Å². The van der Waals surface area contributed by atoms with Crippen LogP contribution >= 0.6 is 0 Å². The number of nitrogens with zero attached hydrogens (tertiary/aromatic N) is 3. The van der Waals surface area contributed by atoms with Gasteiger partial charge in [0.1, 0.15) is 11.2 Å². The fourth-order valence-electron chi connectivity index (χ4n) is 4.98. The van der Waals surface area contributed by atoms with Gasteiger partial charge in [-0.2, -0.15) is 5.10 Å². The molecule has 1 saturated carbocycles. The Morgan fingerprint density at radius 3 is 2.49 bits per heavy atom. The summed E-state index contributed by atoms with van der Waals surface area (Å²) < 4.78 is 1.52. The Balaban J connectivity index is 1.56. The maximum atomic E-state index is 13.5. The van der Waals surface area contributed by atoms with E-state index in [9.17, 15) is 14.4 Å². The van der Waals surface area contributed by atoms with Crippen molar-refractivity contribution in [2.75, 3.05) is 11.9 Å². The Labute approximate surface area is 207 Å². The topological polar surface area (TPSA) is 96.3 Å². The lowest BCUT2D eigenvalue weighted by Gasteiger charge is -2.43. The Morgan fingerprint density at radius 1 is 1.17 bits per heavy atom. The molecular formula is C27H37N5O3. The van der Waals surface area contributed by atoms with Gasteiger partial charge in [-0.15, -0.1) is 0 Å². The minimum Gasteiger partial charge on any atom is -0.351 e. The largest absolute Gasteiger partial charge is 0.351 e. The van der Waals surface area contributed by atoms with Crippen LogP contribution in [0.4, 0.5) is 5.69 Å². The van der Waals surface area contributed by atoms with Crippen LogP contribution in [0.25, 0.3) is 0 Å². The zero-order chi connectivity index (χ0) is 25.2. The normalized spacial score (nSPS) is 20.3. The summed E-state index contributed by atoms with van der Waals surface area (Å²) in [5.41, 5.74) is 1.30. The fraction of sp³-hybridized carbons (Fsp3) is 0.556. The fourth-order valence-corrected chi connectivity index (χ4v) is 4.98. The number of unbranched alkanes of at least 4 members (excludes halogenated alkanes) is 1.